The summed E-state index contributed by atoms with van der Waals surface area (Å²) < 4.78 is 0. The number of amides is 1. The molecule has 1 amide bonds. The SMILES string of the molecule is CC(C)=CC(=O)N1CC(C)C(C)C1C. The Kier molecular flexibility index (Phi) is 3.35. The van der Waals surface area contributed by atoms with E-state index in [1.54, 1.807) is 6.08 Å². The molecule has 3 unspecified atom stereocenters. The van der Waals surface area contributed by atoms with Gasteiger partial charge < -0.3 is 4.90 Å². The molecule has 2 nitrogen and oxygen atoms in total. The molecule has 14 heavy (non-hydrogen) atoms. The average Bonchev–Trinajstić information content (AvgIpc) is 2.32. The second kappa shape index (κ2) is 4.16. The third-order valence-electron chi connectivity index (χ3n) is 3.33. The fourth-order valence-corrected chi connectivity index (χ4v) is 2.02. The summed E-state index contributed by atoms with van der Waals surface area (Å²) in [6.45, 7) is 11.4. The number of allylic oxidation sites excluding steroid dienone is 1. The highest BCUT2D eigenvalue weighted by Gasteiger charge is 2.35. The van der Waals surface area contributed by atoms with E-state index >= 15 is 0 Å². The molecule has 0 saturated carbocycles. The minimum Gasteiger partial charge on any atom is -0.336 e. The Balaban J connectivity index is 2.72. The molecule has 0 spiro atoms. The maximum Gasteiger partial charge on any atom is 0.246 e. The van der Waals surface area contributed by atoms with Crippen molar-refractivity contribution in [2.75, 3.05) is 6.54 Å². The van der Waals surface area contributed by atoms with Gasteiger partial charge in [-0.25, -0.2) is 0 Å². The maximum atomic E-state index is 11.8. The first kappa shape index (κ1) is 11.3. The summed E-state index contributed by atoms with van der Waals surface area (Å²) in [4.78, 5) is 13.8. The van der Waals surface area contributed by atoms with Crippen molar-refractivity contribution in [3.63, 3.8) is 0 Å². The molecule has 0 aliphatic carbocycles. The van der Waals surface area contributed by atoms with Gasteiger partial charge in [0, 0.05) is 18.7 Å². The highest BCUT2D eigenvalue weighted by atomic mass is 16.2. The van der Waals surface area contributed by atoms with E-state index in [2.05, 4.69) is 20.8 Å². The molecule has 1 fully saturated rings. The molecule has 1 rings (SSSR count). The van der Waals surface area contributed by atoms with Crippen LogP contribution in [0.25, 0.3) is 0 Å². The van der Waals surface area contributed by atoms with Crippen LogP contribution in [0.5, 0.6) is 0 Å². The monoisotopic (exact) mass is 195 g/mol. The maximum absolute atomic E-state index is 11.8. The summed E-state index contributed by atoms with van der Waals surface area (Å²) >= 11 is 0. The molecular weight excluding hydrogens is 174 g/mol. The van der Waals surface area contributed by atoms with Gasteiger partial charge in [0.1, 0.15) is 0 Å². The smallest absolute Gasteiger partial charge is 0.246 e. The van der Waals surface area contributed by atoms with Crippen molar-refractivity contribution in [2.24, 2.45) is 11.8 Å². The van der Waals surface area contributed by atoms with Crippen molar-refractivity contribution in [3.8, 4) is 0 Å². The molecular formula is C12H21NO. The zero-order valence-corrected chi connectivity index (χ0v) is 9.87. The topological polar surface area (TPSA) is 20.3 Å². The largest absolute Gasteiger partial charge is 0.336 e. The predicted octanol–water partition coefficient (Wildman–Crippen LogP) is 2.46. The van der Waals surface area contributed by atoms with Crippen molar-refractivity contribution in [2.45, 2.75) is 40.7 Å². The van der Waals surface area contributed by atoms with E-state index in [-0.39, 0.29) is 5.91 Å². The number of rotatable bonds is 1. The lowest BCUT2D eigenvalue weighted by Crippen LogP contribution is -2.34. The van der Waals surface area contributed by atoms with Crippen LogP contribution in [-0.2, 0) is 4.79 Å². The minimum atomic E-state index is 0.175. The molecule has 0 radical (unpaired) electrons. The minimum absolute atomic E-state index is 0.175. The lowest BCUT2D eigenvalue weighted by molar-refractivity contribution is -0.126. The normalized spacial score (nSPS) is 31.8. The van der Waals surface area contributed by atoms with Crippen molar-refractivity contribution >= 4 is 5.91 Å². The Bertz CT molecular complexity index is 253. The molecule has 1 saturated heterocycles. The van der Waals surface area contributed by atoms with E-state index in [4.69, 9.17) is 0 Å². The van der Waals surface area contributed by atoms with E-state index < -0.39 is 0 Å². The zero-order chi connectivity index (χ0) is 10.9. The van der Waals surface area contributed by atoms with Crippen molar-refractivity contribution in [1.82, 2.24) is 4.90 Å². The molecule has 80 valence electrons. The van der Waals surface area contributed by atoms with Crippen molar-refractivity contribution in [3.05, 3.63) is 11.6 Å². The summed E-state index contributed by atoms with van der Waals surface area (Å²) in [6, 6.07) is 0.382. The van der Waals surface area contributed by atoms with Crippen LogP contribution in [0.2, 0.25) is 0 Å². The summed E-state index contributed by atoms with van der Waals surface area (Å²) in [5.74, 6) is 1.41. The fourth-order valence-electron chi connectivity index (χ4n) is 2.02. The van der Waals surface area contributed by atoms with Crippen LogP contribution >= 0.6 is 0 Å². The molecule has 0 aromatic rings. The van der Waals surface area contributed by atoms with Crippen molar-refractivity contribution < 1.29 is 4.79 Å². The second-order valence-electron chi connectivity index (χ2n) is 4.79. The molecule has 1 aliphatic heterocycles. The van der Waals surface area contributed by atoms with E-state index in [0.29, 0.717) is 17.9 Å². The van der Waals surface area contributed by atoms with Crippen LogP contribution in [0.1, 0.15) is 34.6 Å². The molecule has 1 aliphatic rings. The van der Waals surface area contributed by atoms with Gasteiger partial charge in [0.15, 0.2) is 0 Å². The summed E-state index contributed by atoms with van der Waals surface area (Å²) in [7, 11) is 0. The molecule has 3 atom stereocenters. The first-order valence-corrected chi connectivity index (χ1v) is 5.39. The fraction of sp³-hybridized carbons (Fsp3) is 0.750. The number of carbonyl (C=O) groups excluding carboxylic acids is 1. The van der Waals surface area contributed by atoms with Gasteiger partial charge in [-0.05, 0) is 32.6 Å². The number of likely N-dealkylation sites (tertiary alicyclic amines) is 1. The average molecular weight is 195 g/mol. The quantitative estimate of drug-likeness (QED) is 0.589. The Morgan fingerprint density at radius 3 is 2.21 bits per heavy atom. The molecule has 0 aromatic heterocycles. The van der Waals surface area contributed by atoms with Gasteiger partial charge in [-0.15, -0.1) is 0 Å². The van der Waals surface area contributed by atoms with Crippen LogP contribution < -0.4 is 0 Å². The van der Waals surface area contributed by atoms with E-state index in [9.17, 15) is 4.79 Å². The number of carbonyl (C=O) groups is 1. The number of nitrogens with zero attached hydrogens (tertiary/aromatic N) is 1. The predicted molar refractivity (Wildman–Crippen MR) is 58.9 cm³/mol. The number of hydrogen-bond acceptors (Lipinski definition) is 1. The highest BCUT2D eigenvalue weighted by Crippen LogP contribution is 2.28. The molecule has 0 bridgehead atoms. The van der Waals surface area contributed by atoms with E-state index in [1.807, 2.05) is 18.7 Å². The Morgan fingerprint density at radius 1 is 1.29 bits per heavy atom. The van der Waals surface area contributed by atoms with E-state index in [0.717, 1.165) is 12.1 Å². The first-order valence-electron chi connectivity index (χ1n) is 5.39. The van der Waals surface area contributed by atoms with Gasteiger partial charge in [-0.2, -0.15) is 0 Å². The Morgan fingerprint density at radius 2 is 1.86 bits per heavy atom. The van der Waals surface area contributed by atoms with Gasteiger partial charge in [-0.3, -0.25) is 4.79 Å². The molecule has 0 aromatic carbocycles. The van der Waals surface area contributed by atoms with Crippen LogP contribution in [-0.4, -0.2) is 23.4 Å². The number of hydrogen-bond donors (Lipinski definition) is 0. The summed E-state index contributed by atoms with van der Waals surface area (Å²) in [5.41, 5.74) is 1.08. The first-order chi connectivity index (χ1) is 6.43. The lowest BCUT2D eigenvalue weighted by Gasteiger charge is -2.21. The van der Waals surface area contributed by atoms with Crippen LogP contribution in [0, 0.1) is 11.8 Å². The standard InChI is InChI=1S/C12H21NO/c1-8(2)6-12(14)13-7-9(3)10(4)11(13)5/h6,9-11H,7H2,1-5H3. The van der Waals surface area contributed by atoms with Gasteiger partial charge in [0.05, 0.1) is 0 Å². The Labute approximate surface area is 87.0 Å². The second-order valence-corrected chi connectivity index (χ2v) is 4.79. The van der Waals surface area contributed by atoms with Crippen molar-refractivity contribution in [1.29, 1.82) is 0 Å². The molecule has 2 heteroatoms. The van der Waals surface area contributed by atoms with Gasteiger partial charge in [0.2, 0.25) is 5.91 Å². The van der Waals surface area contributed by atoms with Crippen LogP contribution in [0.15, 0.2) is 11.6 Å². The third-order valence-corrected chi connectivity index (χ3v) is 3.33. The van der Waals surface area contributed by atoms with E-state index in [1.165, 1.54) is 0 Å². The highest BCUT2D eigenvalue weighted by molar-refractivity contribution is 5.88. The Hall–Kier alpha value is -0.790. The summed E-state index contributed by atoms with van der Waals surface area (Å²) in [6.07, 6.45) is 1.74. The lowest BCUT2D eigenvalue weighted by atomic mass is 9.95. The zero-order valence-electron chi connectivity index (χ0n) is 9.87. The summed E-state index contributed by atoms with van der Waals surface area (Å²) in [5, 5.41) is 0. The molecule has 1 heterocycles. The van der Waals surface area contributed by atoms with Crippen LogP contribution in [0.4, 0.5) is 0 Å². The van der Waals surface area contributed by atoms with Gasteiger partial charge in [-0.1, -0.05) is 19.4 Å². The van der Waals surface area contributed by atoms with Gasteiger partial charge in [0.25, 0.3) is 0 Å². The third kappa shape index (κ3) is 2.17. The van der Waals surface area contributed by atoms with Gasteiger partial charge >= 0.3 is 0 Å². The molecule has 0 N–H and O–H groups in total. The van der Waals surface area contributed by atoms with Crippen LogP contribution in [0.3, 0.4) is 0 Å².